The van der Waals surface area contributed by atoms with Crippen LogP contribution in [0.2, 0.25) is 0 Å². The number of ether oxygens (including phenoxy) is 2. The molecule has 0 bridgehead atoms. The van der Waals surface area contributed by atoms with Gasteiger partial charge in [0.1, 0.15) is 0 Å². The molecule has 0 saturated heterocycles. The van der Waals surface area contributed by atoms with Gasteiger partial charge in [-0.1, -0.05) is 54.6 Å². The van der Waals surface area contributed by atoms with E-state index in [1.165, 1.54) is 22.3 Å². The summed E-state index contributed by atoms with van der Waals surface area (Å²) in [5, 5.41) is 2.24. The van der Waals surface area contributed by atoms with Gasteiger partial charge in [0.15, 0.2) is 17.3 Å². The maximum atomic E-state index is 13.0. The van der Waals surface area contributed by atoms with Gasteiger partial charge in [0.05, 0.1) is 0 Å². The van der Waals surface area contributed by atoms with Crippen molar-refractivity contribution in [3.63, 3.8) is 0 Å². The lowest BCUT2D eigenvalue weighted by molar-refractivity contribution is 0.0993. The van der Waals surface area contributed by atoms with Gasteiger partial charge in [0.25, 0.3) is 0 Å². The SMILES string of the molecule is Cc1cc(CC(=O)c2ccc3ccccc3c2)cc(Cc2ccc3c(c2)OCO3)c1C. The van der Waals surface area contributed by atoms with Crippen LogP contribution < -0.4 is 9.47 Å². The van der Waals surface area contributed by atoms with E-state index in [0.29, 0.717) is 6.42 Å². The second-order valence-electron chi connectivity index (χ2n) is 8.22. The van der Waals surface area contributed by atoms with Gasteiger partial charge in [-0.2, -0.15) is 0 Å². The van der Waals surface area contributed by atoms with E-state index < -0.39 is 0 Å². The van der Waals surface area contributed by atoms with Crippen LogP contribution in [-0.2, 0) is 12.8 Å². The van der Waals surface area contributed by atoms with Crippen molar-refractivity contribution in [3.05, 3.63) is 106 Å². The highest BCUT2D eigenvalue weighted by Gasteiger charge is 2.15. The highest BCUT2D eigenvalue weighted by Crippen LogP contribution is 2.33. The second-order valence-corrected chi connectivity index (χ2v) is 8.22. The molecule has 0 fully saturated rings. The number of hydrogen-bond donors (Lipinski definition) is 0. The minimum absolute atomic E-state index is 0.142. The third-order valence-electron chi connectivity index (χ3n) is 6.10. The molecule has 0 N–H and O–H groups in total. The van der Waals surface area contributed by atoms with Gasteiger partial charge in [0.2, 0.25) is 6.79 Å². The third-order valence-corrected chi connectivity index (χ3v) is 6.10. The molecular weight excluding hydrogens is 384 g/mol. The number of aryl methyl sites for hydroxylation is 1. The Morgan fingerprint density at radius 2 is 1.61 bits per heavy atom. The molecule has 0 unspecified atom stereocenters. The van der Waals surface area contributed by atoms with Crippen molar-refractivity contribution in [2.75, 3.05) is 6.79 Å². The normalized spacial score (nSPS) is 12.3. The summed E-state index contributed by atoms with van der Waals surface area (Å²) in [6.45, 7) is 4.54. The van der Waals surface area contributed by atoms with E-state index >= 15 is 0 Å². The lowest BCUT2D eigenvalue weighted by Gasteiger charge is -2.13. The van der Waals surface area contributed by atoms with E-state index in [1.54, 1.807) is 0 Å². The summed E-state index contributed by atoms with van der Waals surface area (Å²) < 4.78 is 10.9. The molecular formula is C28H24O3. The van der Waals surface area contributed by atoms with E-state index in [-0.39, 0.29) is 12.6 Å². The van der Waals surface area contributed by atoms with E-state index in [4.69, 9.17) is 9.47 Å². The Balaban J connectivity index is 1.40. The van der Waals surface area contributed by atoms with Gasteiger partial charge in [-0.25, -0.2) is 0 Å². The minimum Gasteiger partial charge on any atom is -0.454 e. The number of fused-ring (bicyclic) bond motifs is 2. The van der Waals surface area contributed by atoms with Crippen molar-refractivity contribution in [1.29, 1.82) is 0 Å². The Labute approximate surface area is 182 Å². The predicted octanol–water partition coefficient (Wildman–Crippen LogP) is 6.20. The average molecular weight is 408 g/mol. The number of hydrogen-bond acceptors (Lipinski definition) is 3. The molecule has 4 aromatic rings. The summed E-state index contributed by atoms with van der Waals surface area (Å²) >= 11 is 0. The standard InChI is InChI=1S/C28H24O3/c1-18-11-21(14-26(29)24-9-8-22-5-3-4-6-23(22)16-24)13-25(19(18)2)12-20-7-10-27-28(15-20)31-17-30-27/h3-11,13,15-16H,12,14,17H2,1-2H3. The highest BCUT2D eigenvalue weighted by molar-refractivity contribution is 6.01. The molecule has 0 radical (unpaired) electrons. The largest absolute Gasteiger partial charge is 0.454 e. The molecule has 0 atom stereocenters. The fourth-order valence-electron chi connectivity index (χ4n) is 4.22. The maximum Gasteiger partial charge on any atom is 0.231 e. The predicted molar refractivity (Wildman–Crippen MR) is 123 cm³/mol. The first-order valence-corrected chi connectivity index (χ1v) is 10.6. The molecule has 3 nitrogen and oxygen atoms in total. The van der Waals surface area contributed by atoms with Crippen LogP contribution in [0.5, 0.6) is 11.5 Å². The number of carbonyl (C=O) groups is 1. The first kappa shape index (κ1) is 19.4. The van der Waals surface area contributed by atoms with Gasteiger partial charge in [-0.05, 0) is 77.1 Å². The molecule has 0 saturated carbocycles. The van der Waals surface area contributed by atoms with Crippen molar-refractivity contribution in [2.45, 2.75) is 26.7 Å². The first-order valence-electron chi connectivity index (χ1n) is 10.6. The number of carbonyl (C=O) groups excluding carboxylic acids is 1. The first-order chi connectivity index (χ1) is 15.1. The molecule has 4 aromatic carbocycles. The molecule has 0 aliphatic carbocycles. The zero-order valence-corrected chi connectivity index (χ0v) is 17.8. The van der Waals surface area contributed by atoms with Gasteiger partial charge < -0.3 is 9.47 Å². The van der Waals surface area contributed by atoms with Crippen LogP contribution in [-0.4, -0.2) is 12.6 Å². The zero-order chi connectivity index (χ0) is 21.4. The quantitative estimate of drug-likeness (QED) is 0.369. The maximum absolute atomic E-state index is 13.0. The number of ketones is 1. The van der Waals surface area contributed by atoms with Crippen molar-refractivity contribution in [3.8, 4) is 11.5 Å². The third kappa shape index (κ3) is 3.91. The fourth-order valence-corrected chi connectivity index (χ4v) is 4.22. The van der Waals surface area contributed by atoms with E-state index in [1.807, 2.05) is 48.5 Å². The van der Waals surface area contributed by atoms with Crippen molar-refractivity contribution in [1.82, 2.24) is 0 Å². The molecule has 5 rings (SSSR count). The smallest absolute Gasteiger partial charge is 0.231 e. The van der Waals surface area contributed by atoms with Crippen LogP contribution in [0.1, 0.15) is 38.2 Å². The lowest BCUT2D eigenvalue weighted by Crippen LogP contribution is -2.05. The van der Waals surface area contributed by atoms with Gasteiger partial charge in [-0.15, -0.1) is 0 Å². The molecule has 1 aliphatic rings. The monoisotopic (exact) mass is 408 g/mol. The van der Waals surface area contributed by atoms with Crippen LogP contribution in [0, 0.1) is 13.8 Å². The Kier molecular flexibility index (Phi) is 4.95. The molecule has 154 valence electrons. The molecule has 0 spiro atoms. The molecule has 3 heteroatoms. The Morgan fingerprint density at radius 3 is 2.48 bits per heavy atom. The summed E-state index contributed by atoms with van der Waals surface area (Å²) in [5.41, 5.74) is 6.69. The van der Waals surface area contributed by atoms with Crippen LogP contribution in [0.3, 0.4) is 0 Å². The van der Waals surface area contributed by atoms with Gasteiger partial charge in [-0.3, -0.25) is 4.79 Å². The summed E-state index contributed by atoms with van der Waals surface area (Å²) in [5.74, 6) is 1.74. The van der Waals surface area contributed by atoms with E-state index in [2.05, 4.69) is 38.1 Å². The van der Waals surface area contributed by atoms with Crippen LogP contribution >= 0.6 is 0 Å². The summed E-state index contributed by atoms with van der Waals surface area (Å²) in [4.78, 5) is 13.0. The van der Waals surface area contributed by atoms with Gasteiger partial charge in [0, 0.05) is 12.0 Å². The summed E-state index contributed by atoms with van der Waals surface area (Å²) in [6, 6.07) is 24.5. The Morgan fingerprint density at radius 1 is 0.806 bits per heavy atom. The molecule has 0 aromatic heterocycles. The molecule has 31 heavy (non-hydrogen) atoms. The fraction of sp³-hybridized carbons (Fsp3) is 0.179. The van der Waals surface area contributed by atoms with Crippen LogP contribution in [0.4, 0.5) is 0 Å². The Bertz CT molecular complexity index is 1300. The topological polar surface area (TPSA) is 35.5 Å². The molecule has 1 heterocycles. The van der Waals surface area contributed by atoms with E-state index in [0.717, 1.165) is 39.8 Å². The number of rotatable bonds is 5. The van der Waals surface area contributed by atoms with Gasteiger partial charge >= 0.3 is 0 Å². The minimum atomic E-state index is 0.142. The number of benzene rings is 4. The van der Waals surface area contributed by atoms with Crippen molar-refractivity contribution in [2.24, 2.45) is 0 Å². The van der Waals surface area contributed by atoms with Crippen LogP contribution in [0.25, 0.3) is 10.8 Å². The molecule has 0 amide bonds. The summed E-state index contributed by atoms with van der Waals surface area (Å²) in [7, 11) is 0. The number of Topliss-reactive ketones (excluding diaryl/α,β-unsaturated/α-hetero) is 1. The van der Waals surface area contributed by atoms with Crippen molar-refractivity contribution >= 4 is 16.6 Å². The second kappa shape index (κ2) is 7.92. The zero-order valence-electron chi connectivity index (χ0n) is 17.8. The summed E-state index contributed by atoms with van der Waals surface area (Å²) in [6.07, 6.45) is 1.19. The van der Waals surface area contributed by atoms with E-state index in [9.17, 15) is 4.79 Å². The van der Waals surface area contributed by atoms with Crippen LogP contribution in [0.15, 0.2) is 72.8 Å². The van der Waals surface area contributed by atoms with Crippen molar-refractivity contribution < 1.29 is 14.3 Å². The average Bonchev–Trinajstić information content (AvgIpc) is 3.24. The molecule has 1 aliphatic heterocycles. The highest BCUT2D eigenvalue weighted by atomic mass is 16.7. The lowest BCUT2D eigenvalue weighted by atomic mass is 9.92. The Hall–Kier alpha value is -3.59.